The van der Waals surface area contributed by atoms with Crippen LogP contribution >= 0.6 is 0 Å². The molecule has 0 radical (unpaired) electrons. The van der Waals surface area contributed by atoms with Gasteiger partial charge in [-0.1, -0.05) is 0 Å². The van der Waals surface area contributed by atoms with Crippen molar-refractivity contribution in [3.05, 3.63) is 0 Å². The predicted octanol–water partition coefficient (Wildman–Crippen LogP) is 0.790. The average molecular weight is 260 g/mol. The summed E-state index contributed by atoms with van der Waals surface area (Å²) in [5.41, 5.74) is -0.497. The van der Waals surface area contributed by atoms with Crippen molar-refractivity contribution in [3.8, 4) is 0 Å². The van der Waals surface area contributed by atoms with Gasteiger partial charge in [0, 0.05) is 26.1 Å². The number of carbonyl (C=O) groups excluding carboxylic acids is 2. The Balaban J connectivity index is 3.45. The fraction of sp³-hybridized carbons (Fsp3) is 0.833. The summed E-state index contributed by atoms with van der Waals surface area (Å²) in [7, 11) is 0. The number of hydrogen-bond donors (Lipinski definition) is 3. The highest BCUT2D eigenvalue weighted by Crippen LogP contribution is 2.06. The Morgan fingerprint density at radius 3 is 2.28 bits per heavy atom. The number of aliphatic hydroxyl groups excluding tert-OH is 1. The zero-order chi connectivity index (χ0) is 14.0. The second-order valence-corrected chi connectivity index (χ2v) is 4.96. The SMILES string of the molecule is CC(C)(C)OC(=O)NCCCNC(=O)CCCO. The van der Waals surface area contributed by atoms with Gasteiger partial charge >= 0.3 is 6.09 Å². The van der Waals surface area contributed by atoms with Gasteiger partial charge in [0.25, 0.3) is 0 Å². The van der Waals surface area contributed by atoms with Gasteiger partial charge in [0.2, 0.25) is 5.91 Å². The summed E-state index contributed by atoms with van der Waals surface area (Å²) in [6.45, 7) is 6.37. The summed E-state index contributed by atoms with van der Waals surface area (Å²) in [5.74, 6) is -0.0821. The lowest BCUT2D eigenvalue weighted by Gasteiger charge is -2.19. The molecule has 0 fully saturated rings. The molecule has 6 heteroatoms. The third kappa shape index (κ3) is 11.2. The van der Waals surface area contributed by atoms with E-state index in [1.807, 2.05) is 0 Å². The van der Waals surface area contributed by atoms with Crippen LogP contribution in [-0.4, -0.2) is 42.4 Å². The zero-order valence-electron chi connectivity index (χ0n) is 11.4. The lowest BCUT2D eigenvalue weighted by atomic mass is 10.2. The summed E-state index contributed by atoms with van der Waals surface area (Å²) in [5, 5.41) is 13.8. The summed E-state index contributed by atoms with van der Waals surface area (Å²) in [6.07, 6.45) is 0.997. The van der Waals surface area contributed by atoms with Crippen LogP contribution in [-0.2, 0) is 9.53 Å². The first kappa shape index (κ1) is 16.7. The van der Waals surface area contributed by atoms with Gasteiger partial charge in [-0.15, -0.1) is 0 Å². The molecule has 2 amide bonds. The topological polar surface area (TPSA) is 87.7 Å². The third-order valence-electron chi connectivity index (χ3n) is 1.91. The molecule has 0 saturated heterocycles. The Morgan fingerprint density at radius 1 is 1.11 bits per heavy atom. The summed E-state index contributed by atoms with van der Waals surface area (Å²) in [4.78, 5) is 22.4. The Kier molecular flexibility index (Phi) is 8.11. The molecule has 0 heterocycles. The van der Waals surface area contributed by atoms with Gasteiger partial charge in [-0.05, 0) is 33.6 Å². The molecule has 0 bridgehead atoms. The molecule has 0 spiro atoms. The number of aliphatic hydroxyl groups is 1. The van der Waals surface area contributed by atoms with Gasteiger partial charge in [-0.25, -0.2) is 4.79 Å². The predicted molar refractivity (Wildman–Crippen MR) is 68.2 cm³/mol. The molecule has 3 N–H and O–H groups in total. The first-order valence-corrected chi connectivity index (χ1v) is 6.19. The standard InChI is InChI=1S/C12H24N2O4/c1-12(2,3)18-11(17)14-8-5-7-13-10(16)6-4-9-15/h15H,4-9H2,1-3H3,(H,13,16)(H,14,17). The maximum Gasteiger partial charge on any atom is 0.407 e. The van der Waals surface area contributed by atoms with E-state index in [1.165, 1.54) is 0 Å². The quantitative estimate of drug-likeness (QED) is 0.591. The molecule has 0 aromatic carbocycles. The van der Waals surface area contributed by atoms with Crippen molar-refractivity contribution >= 4 is 12.0 Å². The van der Waals surface area contributed by atoms with Crippen LogP contribution < -0.4 is 10.6 Å². The molecule has 0 saturated carbocycles. The molecule has 0 aromatic rings. The van der Waals surface area contributed by atoms with Gasteiger partial charge in [0.05, 0.1) is 0 Å². The molecule has 0 aliphatic carbocycles. The molecular weight excluding hydrogens is 236 g/mol. The Hall–Kier alpha value is -1.30. The molecule has 6 nitrogen and oxygen atoms in total. The van der Waals surface area contributed by atoms with E-state index in [0.717, 1.165) is 0 Å². The van der Waals surface area contributed by atoms with Crippen LogP contribution in [0.4, 0.5) is 4.79 Å². The van der Waals surface area contributed by atoms with E-state index in [0.29, 0.717) is 32.4 Å². The van der Waals surface area contributed by atoms with E-state index in [1.54, 1.807) is 20.8 Å². The van der Waals surface area contributed by atoms with Crippen molar-refractivity contribution in [1.29, 1.82) is 0 Å². The number of amides is 2. The average Bonchev–Trinajstić information content (AvgIpc) is 2.23. The highest BCUT2D eigenvalue weighted by Gasteiger charge is 2.15. The highest BCUT2D eigenvalue weighted by molar-refractivity contribution is 5.75. The van der Waals surface area contributed by atoms with Crippen LogP contribution in [0, 0.1) is 0 Å². The number of hydrogen-bond acceptors (Lipinski definition) is 4. The number of nitrogens with one attached hydrogen (secondary N) is 2. The number of rotatable bonds is 7. The van der Waals surface area contributed by atoms with E-state index < -0.39 is 11.7 Å². The van der Waals surface area contributed by atoms with E-state index in [2.05, 4.69) is 10.6 Å². The lowest BCUT2D eigenvalue weighted by molar-refractivity contribution is -0.121. The molecule has 18 heavy (non-hydrogen) atoms. The molecular formula is C12H24N2O4. The second-order valence-electron chi connectivity index (χ2n) is 4.96. The normalized spacial score (nSPS) is 10.9. The van der Waals surface area contributed by atoms with Gasteiger partial charge in [0.1, 0.15) is 5.60 Å². The Labute approximate surface area is 108 Å². The van der Waals surface area contributed by atoms with Crippen LogP contribution in [0.2, 0.25) is 0 Å². The van der Waals surface area contributed by atoms with Crippen molar-refractivity contribution in [3.63, 3.8) is 0 Å². The van der Waals surface area contributed by atoms with Crippen molar-refractivity contribution in [2.75, 3.05) is 19.7 Å². The molecule has 0 atom stereocenters. The molecule has 0 aliphatic rings. The van der Waals surface area contributed by atoms with Gasteiger partial charge in [0.15, 0.2) is 0 Å². The summed E-state index contributed by atoms with van der Waals surface area (Å²) >= 11 is 0. The van der Waals surface area contributed by atoms with E-state index in [-0.39, 0.29) is 12.5 Å². The second kappa shape index (κ2) is 8.74. The largest absolute Gasteiger partial charge is 0.444 e. The van der Waals surface area contributed by atoms with Gasteiger partial charge in [-0.2, -0.15) is 0 Å². The van der Waals surface area contributed by atoms with Gasteiger partial charge in [-0.3, -0.25) is 4.79 Å². The third-order valence-corrected chi connectivity index (χ3v) is 1.91. The van der Waals surface area contributed by atoms with Crippen molar-refractivity contribution in [2.24, 2.45) is 0 Å². The van der Waals surface area contributed by atoms with Crippen LogP contribution in [0.3, 0.4) is 0 Å². The van der Waals surface area contributed by atoms with Crippen molar-refractivity contribution in [1.82, 2.24) is 10.6 Å². The van der Waals surface area contributed by atoms with E-state index in [4.69, 9.17) is 9.84 Å². The molecule has 0 rings (SSSR count). The fourth-order valence-electron chi connectivity index (χ4n) is 1.15. The lowest BCUT2D eigenvalue weighted by Crippen LogP contribution is -2.34. The first-order chi connectivity index (χ1) is 8.35. The van der Waals surface area contributed by atoms with Crippen molar-refractivity contribution in [2.45, 2.75) is 45.6 Å². The number of alkyl carbamates (subject to hydrolysis) is 1. The van der Waals surface area contributed by atoms with Gasteiger partial charge < -0.3 is 20.5 Å². The highest BCUT2D eigenvalue weighted by atomic mass is 16.6. The zero-order valence-corrected chi connectivity index (χ0v) is 11.4. The maximum absolute atomic E-state index is 11.2. The fourth-order valence-corrected chi connectivity index (χ4v) is 1.15. The summed E-state index contributed by atoms with van der Waals surface area (Å²) < 4.78 is 5.05. The van der Waals surface area contributed by atoms with Crippen LogP contribution in [0.5, 0.6) is 0 Å². The minimum atomic E-state index is -0.497. The van der Waals surface area contributed by atoms with Crippen LogP contribution in [0.15, 0.2) is 0 Å². The van der Waals surface area contributed by atoms with Crippen LogP contribution in [0.1, 0.15) is 40.0 Å². The monoisotopic (exact) mass is 260 g/mol. The van der Waals surface area contributed by atoms with Crippen molar-refractivity contribution < 1.29 is 19.4 Å². The number of ether oxygens (including phenoxy) is 1. The smallest absolute Gasteiger partial charge is 0.407 e. The minimum Gasteiger partial charge on any atom is -0.444 e. The molecule has 0 aliphatic heterocycles. The maximum atomic E-state index is 11.2. The first-order valence-electron chi connectivity index (χ1n) is 6.19. The Bertz CT molecular complexity index is 261. The van der Waals surface area contributed by atoms with E-state index in [9.17, 15) is 9.59 Å². The minimum absolute atomic E-state index is 0.0214. The molecule has 0 aromatic heterocycles. The summed E-state index contributed by atoms with van der Waals surface area (Å²) in [6, 6.07) is 0. The Morgan fingerprint density at radius 2 is 1.72 bits per heavy atom. The van der Waals surface area contributed by atoms with Crippen LogP contribution in [0.25, 0.3) is 0 Å². The van der Waals surface area contributed by atoms with E-state index >= 15 is 0 Å². The molecule has 106 valence electrons. The molecule has 0 unspecified atom stereocenters. The number of carbonyl (C=O) groups is 2.